The predicted octanol–water partition coefficient (Wildman–Crippen LogP) is 5.12. The molecule has 1 fully saturated rings. The van der Waals surface area contributed by atoms with Crippen molar-refractivity contribution in [3.63, 3.8) is 0 Å². The van der Waals surface area contributed by atoms with Crippen molar-refractivity contribution in [3.8, 4) is 22.5 Å². The van der Waals surface area contributed by atoms with Crippen LogP contribution in [-0.4, -0.2) is 45.8 Å². The zero-order valence-corrected chi connectivity index (χ0v) is 23.2. The maximum atomic E-state index is 13.9. The molecule has 10 heteroatoms. The number of hydrogen-bond acceptors (Lipinski definition) is 6. The Morgan fingerprint density at radius 2 is 1.90 bits per heavy atom. The molecule has 1 saturated carbocycles. The van der Waals surface area contributed by atoms with E-state index >= 15 is 0 Å². The Kier molecular flexibility index (Phi) is 8.52. The Balaban J connectivity index is 1.48. The minimum Gasteiger partial charge on any atom is -0.481 e. The van der Waals surface area contributed by atoms with Gasteiger partial charge in [-0.2, -0.15) is 5.21 Å². The molecule has 0 amide bonds. The number of aromatic nitrogens is 7. The largest absolute Gasteiger partial charge is 0.481 e. The first kappa shape index (κ1) is 27.5. The fourth-order valence-electron chi connectivity index (χ4n) is 6.11. The highest BCUT2D eigenvalue weighted by Crippen LogP contribution is 2.39. The molecule has 0 saturated heterocycles. The molecule has 0 radical (unpaired) electrons. The van der Waals surface area contributed by atoms with Gasteiger partial charge < -0.3 is 5.11 Å². The smallest absolute Gasteiger partial charge is 0.328 e. The molecule has 210 valence electrons. The average molecular weight is 544 g/mol. The molecule has 3 atom stereocenters. The summed E-state index contributed by atoms with van der Waals surface area (Å²) in [4.78, 5) is 31.0. The highest BCUT2D eigenvalue weighted by Gasteiger charge is 2.38. The number of carboxylic acids is 1. The van der Waals surface area contributed by atoms with Gasteiger partial charge in [-0.15, -0.1) is 10.2 Å². The van der Waals surface area contributed by atoms with E-state index in [4.69, 9.17) is 4.98 Å². The van der Waals surface area contributed by atoms with E-state index in [0.717, 1.165) is 73.0 Å². The number of hydrogen-bond donors (Lipinski definition) is 2. The van der Waals surface area contributed by atoms with Gasteiger partial charge in [-0.3, -0.25) is 18.9 Å². The van der Waals surface area contributed by atoms with Gasteiger partial charge in [-0.1, -0.05) is 69.9 Å². The van der Waals surface area contributed by atoms with Crippen molar-refractivity contribution >= 4 is 5.97 Å². The number of carboxylic acid groups (broad SMARTS) is 1. The first-order valence-corrected chi connectivity index (χ1v) is 14.3. The second-order valence-electron chi connectivity index (χ2n) is 10.7. The van der Waals surface area contributed by atoms with Gasteiger partial charge in [0.25, 0.3) is 0 Å². The molecular formula is C30H37N7O3. The van der Waals surface area contributed by atoms with Crippen LogP contribution in [-0.2, 0) is 17.8 Å². The molecule has 5 rings (SSSR count). The molecule has 3 unspecified atom stereocenters. The minimum absolute atomic E-state index is 0.143. The van der Waals surface area contributed by atoms with Gasteiger partial charge in [0.1, 0.15) is 0 Å². The Morgan fingerprint density at radius 3 is 2.58 bits per heavy atom. The van der Waals surface area contributed by atoms with Crippen LogP contribution in [0, 0.1) is 11.8 Å². The van der Waals surface area contributed by atoms with E-state index in [1.165, 1.54) is 0 Å². The quantitative estimate of drug-likeness (QED) is 0.265. The third kappa shape index (κ3) is 5.61. The zero-order chi connectivity index (χ0) is 28.1. The van der Waals surface area contributed by atoms with Gasteiger partial charge in [0.05, 0.1) is 24.2 Å². The van der Waals surface area contributed by atoms with Gasteiger partial charge in [-0.05, 0) is 48.4 Å². The second-order valence-corrected chi connectivity index (χ2v) is 10.7. The summed E-state index contributed by atoms with van der Waals surface area (Å²) in [6.07, 6.45) is 10.7. The van der Waals surface area contributed by atoms with Crippen LogP contribution in [0.4, 0.5) is 0 Å². The maximum absolute atomic E-state index is 13.9. The van der Waals surface area contributed by atoms with Crippen molar-refractivity contribution in [3.05, 3.63) is 70.7 Å². The van der Waals surface area contributed by atoms with Crippen molar-refractivity contribution in [2.45, 2.75) is 77.8 Å². The maximum Gasteiger partial charge on any atom is 0.328 e. The van der Waals surface area contributed by atoms with Crippen LogP contribution in [0.1, 0.15) is 76.2 Å². The van der Waals surface area contributed by atoms with Crippen molar-refractivity contribution in [1.82, 2.24) is 34.7 Å². The van der Waals surface area contributed by atoms with E-state index < -0.39 is 11.9 Å². The summed E-state index contributed by atoms with van der Waals surface area (Å²) < 4.78 is 3.54. The van der Waals surface area contributed by atoms with Crippen LogP contribution >= 0.6 is 0 Å². The first-order chi connectivity index (χ1) is 19.5. The molecule has 1 aromatic carbocycles. The standard InChI is InChI=1S/C30H37N7O3/c1-3-5-11-23-19-37(27-20(4-2)10-6-7-14-26(27)29(38)39)30(40)36(23)18-22-16-15-21(17-31-22)24-12-8-9-13-25(24)28-32-34-35-33-28/h8-9,12-13,15-17,19-20,26-27H,3-7,10-11,14,18H2,1-2H3,(H,38,39)(H,32,33,34,35). The lowest BCUT2D eigenvalue weighted by molar-refractivity contribution is -0.144. The molecule has 0 aliphatic heterocycles. The van der Waals surface area contributed by atoms with E-state index in [1.807, 2.05) is 42.6 Å². The van der Waals surface area contributed by atoms with Crippen molar-refractivity contribution in [2.24, 2.45) is 11.8 Å². The van der Waals surface area contributed by atoms with E-state index in [1.54, 1.807) is 15.3 Å². The van der Waals surface area contributed by atoms with E-state index in [0.29, 0.717) is 18.8 Å². The SMILES string of the molecule is CCCCc1cn(C2C(CC)CCCCC2C(=O)O)c(=O)n1Cc1ccc(-c2ccccc2-c2nn[nH]n2)cn1. The lowest BCUT2D eigenvalue weighted by atomic mass is 9.85. The molecule has 40 heavy (non-hydrogen) atoms. The van der Waals surface area contributed by atoms with Crippen LogP contribution in [0.3, 0.4) is 0 Å². The minimum atomic E-state index is -0.807. The fraction of sp³-hybridized carbons (Fsp3) is 0.467. The van der Waals surface area contributed by atoms with Gasteiger partial charge in [0, 0.05) is 29.2 Å². The second kappa shape index (κ2) is 12.4. The molecule has 0 bridgehead atoms. The van der Waals surface area contributed by atoms with Gasteiger partial charge in [0.2, 0.25) is 5.82 Å². The van der Waals surface area contributed by atoms with Crippen molar-refractivity contribution in [2.75, 3.05) is 0 Å². The monoisotopic (exact) mass is 543 g/mol. The molecule has 4 aromatic rings. The summed E-state index contributed by atoms with van der Waals surface area (Å²) in [6.45, 7) is 4.56. The Morgan fingerprint density at radius 1 is 1.10 bits per heavy atom. The molecule has 0 spiro atoms. The number of benzene rings is 1. The van der Waals surface area contributed by atoms with Crippen LogP contribution in [0.25, 0.3) is 22.5 Å². The molecule has 3 aromatic heterocycles. The number of aliphatic carboxylic acids is 1. The number of tetrazole rings is 1. The summed E-state index contributed by atoms with van der Waals surface area (Å²) in [6, 6.07) is 11.4. The van der Waals surface area contributed by atoms with E-state index in [2.05, 4.69) is 34.5 Å². The molecule has 10 nitrogen and oxygen atoms in total. The third-order valence-electron chi connectivity index (χ3n) is 8.24. The normalized spacial score (nSPS) is 19.4. The number of nitrogens with zero attached hydrogens (tertiary/aromatic N) is 6. The highest BCUT2D eigenvalue weighted by molar-refractivity contribution is 5.79. The van der Waals surface area contributed by atoms with Gasteiger partial charge >= 0.3 is 11.7 Å². The Labute approximate surface area is 233 Å². The molecule has 2 N–H and O–H groups in total. The third-order valence-corrected chi connectivity index (χ3v) is 8.24. The van der Waals surface area contributed by atoms with Crippen molar-refractivity contribution < 1.29 is 9.90 Å². The zero-order valence-electron chi connectivity index (χ0n) is 23.2. The van der Waals surface area contributed by atoms with Crippen LogP contribution in [0.5, 0.6) is 0 Å². The number of carbonyl (C=O) groups is 1. The van der Waals surface area contributed by atoms with Gasteiger partial charge in [-0.25, -0.2) is 4.79 Å². The summed E-state index contributed by atoms with van der Waals surface area (Å²) in [5, 5.41) is 24.5. The fourth-order valence-corrected chi connectivity index (χ4v) is 6.11. The number of rotatable bonds is 10. The Bertz CT molecular complexity index is 1470. The summed E-state index contributed by atoms with van der Waals surface area (Å²) >= 11 is 0. The molecule has 1 aliphatic rings. The van der Waals surface area contributed by atoms with Crippen LogP contribution in [0.2, 0.25) is 0 Å². The Hall–Kier alpha value is -4.08. The lowest BCUT2D eigenvalue weighted by Gasteiger charge is -2.29. The van der Waals surface area contributed by atoms with Crippen LogP contribution in [0.15, 0.2) is 53.6 Å². The number of aromatic amines is 1. The van der Waals surface area contributed by atoms with Gasteiger partial charge in [0.15, 0.2) is 0 Å². The predicted molar refractivity (Wildman–Crippen MR) is 152 cm³/mol. The summed E-state index contributed by atoms with van der Waals surface area (Å²) in [5.41, 5.74) is 4.26. The molecular weight excluding hydrogens is 506 g/mol. The number of nitrogens with one attached hydrogen (secondary N) is 1. The van der Waals surface area contributed by atoms with Crippen LogP contribution < -0.4 is 5.69 Å². The molecule has 1 aliphatic carbocycles. The number of imidazole rings is 1. The molecule has 3 heterocycles. The van der Waals surface area contributed by atoms with Crippen molar-refractivity contribution in [1.29, 1.82) is 0 Å². The lowest BCUT2D eigenvalue weighted by Crippen LogP contribution is -2.37. The number of aryl methyl sites for hydroxylation is 1. The summed E-state index contributed by atoms with van der Waals surface area (Å²) in [5.74, 6) is -0.695. The summed E-state index contributed by atoms with van der Waals surface area (Å²) in [7, 11) is 0. The highest BCUT2D eigenvalue weighted by atomic mass is 16.4. The number of unbranched alkanes of at least 4 members (excludes halogenated alkanes) is 1. The average Bonchev–Trinajstić information content (AvgIpc) is 3.55. The first-order valence-electron chi connectivity index (χ1n) is 14.3. The van der Waals surface area contributed by atoms with E-state index in [-0.39, 0.29) is 17.6 Å². The number of H-pyrrole nitrogens is 1. The number of pyridine rings is 1. The van der Waals surface area contributed by atoms with E-state index in [9.17, 15) is 14.7 Å². The topological polar surface area (TPSA) is 132 Å².